The highest BCUT2D eigenvalue weighted by atomic mass is 32.2. The maximum absolute atomic E-state index is 11.1. The Bertz CT molecular complexity index is 222. The minimum atomic E-state index is -0.644. The van der Waals surface area contributed by atoms with Crippen LogP contribution in [0.15, 0.2) is 0 Å². The number of hydrogen-bond acceptors (Lipinski definition) is 4. The summed E-state index contributed by atoms with van der Waals surface area (Å²) in [4.78, 5) is 11.1. The fourth-order valence-electron chi connectivity index (χ4n) is 1.56. The Balaban J connectivity index is 2.30. The normalized spacial score (nSPS) is 29.6. The van der Waals surface area contributed by atoms with Gasteiger partial charge in [0.25, 0.3) is 0 Å². The first-order valence-electron chi connectivity index (χ1n) is 4.82. The fraction of sp³-hybridized carbons (Fsp3) is 0.889. The van der Waals surface area contributed by atoms with Gasteiger partial charge >= 0.3 is 5.97 Å². The summed E-state index contributed by atoms with van der Waals surface area (Å²) in [6.45, 7) is 1.79. The van der Waals surface area contributed by atoms with E-state index in [4.69, 9.17) is 0 Å². The zero-order chi connectivity index (χ0) is 10.6. The van der Waals surface area contributed by atoms with Gasteiger partial charge in [0.1, 0.15) is 6.04 Å². The van der Waals surface area contributed by atoms with Gasteiger partial charge in [-0.3, -0.25) is 9.00 Å². The van der Waals surface area contributed by atoms with Crippen molar-refractivity contribution >= 4 is 16.8 Å². The molecule has 82 valence electrons. The van der Waals surface area contributed by atoms with Gasteiger partial charge in [-0.1, -0.05) is 0 Å². The average molecular weight is 219 g/mol. The molecule has 0 aromatic heterocycles. The van der Waals surface area contributed by atoms with E-state index in [1.807, 2.05) is 0 Å². The lowest BCUT2D eigenvalue weighted by Gasteiger charge is -2.25. The van der Waals surface area contributed by atoms with E-state index < -0.39 is 10.8 Å². The number of carbonyl (C=O) groups excluding carboxylic acids is 1. The van der Waals surface area contributed by atoms with Crippen molar-refractivity contribution in [1.82, 2.24) is 5.32 Å². The van der Waals surface area contributed by atoms with Gasteiger partial charge in [-0.2, -0.15) is 0 Å². The van der Waals surface area contributed by atoms with Crippen molar-refractivity contribution < 1.29 is 13.7 Å². The molecule has 4 nitrogen and oxygen atoms in total. The van der Waals surface area contributed by atoms with Crippen molar-refractivity contribution in [3.63, 3.8) is 0 Å². The van der Waals surface area contributed by atoms with E-state index in [1.54, 1.807) is 6.92 Å². The quantitative estimate of drug-likeness (QED) is 0.681. The van der Waals surface area contributed by atoms with E-state index in [0.29, 0.717) is 6.04 Å². The van der Waals surface area contributed by atoms with Crippen LogP contribution in [0.2, 0.25) is 0 Å². The van der Waals surface area contributed by atoms with Crippen LogP contribution in [0.1, 0.15) is 19.8 Å². The zero-order valence-electron chi connectivity index (χ0n) is 8.62. The first-order valence-corrected chi connectivity index (χ1v) is 6.31. The Hall–Kier alpha value is -0.420. The molecule has 0 saturated carbocycles. The third-order valence-electron chi connectivity index (χ3n) is 2.43. The zero-order valence-corrected chi connectivity index (χ0v) is 9.43. The van der Waals surface area contributed by atoms with Gasteiger partial charge in [0.15, 0.2) is 0 Å². The second-order valence-corrected chi connectivity index (χ2v) is 5.23. The summed E-state index contributed by atoms with van der Waals surface area (Å²) >= 11 is 0. The molecule has 0 amide bonds. The Morgan fingerprint density at radius 2 is 2.07 bits per heavy atom. The highest BCUT2D eigenvalue weighted by molar-refractivity contribution is 7.85. The molecule has 0 aromatic carbocycles. The van der Waals surface area contributed by atoms with Crippen LogP contribution in [0.25, 0.3) is 0 Å². The molecule has 1 fully saturated rings. The molecule has 1 heterocycles. The molecule has 5 heteroatoms. The average Bonchev–Trinajstić information content (AvgIpc) is 2.20. The van der Waals surface area contributed by atoms with Crippen LogP contribution >= 0.6 is 0 Å². The summed E-state index contributed by atoms with van der Waals surface area (Å²) < 4.78 is 15.7. The van der Waals surface area contributed by atoms with Gasteiger partial charge in [-0.05, 0) is 19.8 Å². The first-order chi connectivity index (χ1) is 6.63. The maximum Gasteiger partial charge on any atom is 0.322 e. The number of hydrogen-bond donors (Lipinski definition) is 1. The van der Waals surface area contributed by atoms with Crippen molar-refractivity contribution in [2.75, 3.05) is 18.6 Å². The van der Waals surface area contributed by atoms with Crippen LogP contribution in [-0.4, -0.2) is 40.9 Å². The summed E-state index contributed by atoms with van der Waals surface area (Å²) in [6.07, 6.45) is 1.77. The second kappa shape index (κ2) is 5.46. The van der Waals surface area contributed by atoms with E-state index in [-0.39, 0.29) is 12.0 Å². The van der Waals surface area contributed by atoms with E-state index in [9.17, 15) is 9.00 Å². The van der Waals surface area contributed by atoms with Gasteiger partial charge in [0.2, 0.25) is 0 Å². The molecular formula is C9H17NO3S. The summed E-state index contributed by atoms with van der Waals surface area (Å²) in [6, 6.07) is 0.0401. The molecule has 1 aliphatic heterocycles. The molecule has 1 N–H and O–H groups in total. The Labute approximate surface area is 86.9 Å². The molecule has 1 aliphatic rings. The van der Waals surface area contributed by atoms with Crippen molar-refractivity contribution in [2.45, 2.75) is 31.8 Å². The lowest BCUT2D eigenvalue weighted by atomic mass is 10.1. The molecule has 0 unspecified atom stereocenters. The van der Waals surface area contributed by atoms with Gasteiger partial charge < -0.3 is 10.1 Å². The van der Waals surface area contributed by atoms with Gasteiger partial charge in [0, 0.05) is 28.3 Å². The molecule has 1 rings (SSSR count). The maximum atomic E-state index is 11.1. The van der Waals surface area contributed by atoms with Crippen LogP contribution in [0, 0.1) is 0 Å². The molecule has 0 aromatic rings. The minimum absolute atomic E-state index is 0.239. The summed E-state index contributed by atoms with van der Waals surface area (Å²) in [7, 11) is 0.741. The predicted molar refractivity (Wildman–Crippen MR) is 55.5 cm³/mol. The monoisotopic (exact) mass is 219 g/mol. The number of carbonyl (C=O) groups is 1. The summed E-state index contributed by atoms with van der Waals surface area (Å²) in [5.41, 5.74) is 0. The number of rotatable bonds is 3. The number of ether oxygens (including phenoxy) is 1. The van der Waals surface area contributed by atoms with Gasteiger partial charge in [-0.25, -0.2) is 0 Å². The number of esters is 1. The Morgan fingerprint density at radius 3 is 2.57 bits per heavy atom. The molecule has 14 heavy (non-hydrogen) atoms. The molecular weight excluding hydrogens is 202 g/mol. The Kier molecular flexibility index (Phi) is 4.54. The van der Waals surface area contributed by atoms with Crippen LogP contribution in [0.5, 0.6) is 0 Å². The number of nitrogens with one attached hydrogen (secondary N) is 1. The molecule has 0 radical (unpaired) electrons. The topological polar surface area (TPSA) is 55.4 Å². The first kappa shape index (κ1) is 11.7. The van der Waals surface area contributed by atoms with E-state index in [1.165, 1.54) is 7.11 Å². The lowest BCUT2D eigenvalue weighted by Crippen LogP contribution is -2.44. The van der Waals surface area contributed by atoms with Crippen molar-refractivity contribution in [2.24, 2.45) is 0 Å². The number of methoxy groups -OCH3 is 1. The summed E-state index contributed by atoms with van der Waals surface area (Å²) in [5.74, 6) is 1.24. The summed E-state index contributed by atoms with van der Waals surface area (Å²) in [5, 5.41) is 3.18. The standard InChI is InChI=1S/C9H17NO3S/c1-7(9(11)13-2)10-8-3-5-14(12)6-4-8/h7-8,10H,3-6H2,1-2H3/t7-,8?,14?/m0/s1. The molecule has 1 atom stereocenters. The highest BCUT2D eigenvalue weighted by Gasteiger charge is 2.22. The molecule has 1 saturated heterocycles. The van der Waals surface area contributed by atoms with E-state index >= 15 is 0 Å². The SMILES string of the molecule is COC(=O)[C@H](C)NC1CCS(=O)CC1. The van der Waals surface area contributed by atoms with E-state index in [0.717, 1.165) is 24.3 Å². The molecule has 0 spiro atoms. The van der Waals surface area contributed by atoms with Crippen LogP contribution in [0.3, 0.4) is 0 Å². The third-order valence-corrected chi connectivity index (χ3v) is 3.81. The van der Waals surface area contributed by atoms with Gasteiger partial charge in [0.05, 0.1) is 7.11 Å². The van der Waals surface area contributed by atoms with Crippen molar-refractivity contribution in [1.29, 1.82) is 0 Å². The van der Waals surface area contributed by atoms with Crippen LogP contribution < -0.4 is 5.32 Å². The highest BCUT2D eigenvalue weighted by Crippen LogP contribution is 2.09. The Morgan fingerprint density at radius 1 is 1.50 bits per heavy atom. The smallest absolute Gasteiger partial charge is 0.322 e. The van der Waals surface area contributed by atoms with Crippen LogP contribution in [-0.2, 0) is 20.3 Å². The van der Waals surface area contributed by atoms with Crippen LogP contribution in [0.4, 0.5) is 0 Å². The molecule has 0 bridgehead atoms. The fourth-order valence-corrected chi connectivity index (χ4v) is 2.86. The third kappa shape index (κ3) is 3.38. The van der Waals surface area contributed by atoms with Crippen molar-refractivity contribution in [3.8, 4) is 0 Å². The largest absolute Gasteiger partial charge is 0.468 e. The van der Waals surface area contributed by atoms with E-state index in [2.05, 4.69) is 10.1 Å². The predicted octanol–water partition coefficient (Wildman–Crippen LogP) is 0.0486. The minimum Gasteiger partial charge on any atom is -0.468 e. The van der Waals surface area contributed by atoms with Gasteiger partial charge in [-0.15, -0.1) is 0 Å². The molecule has 0 aliphatic carbocycles. The second-order valence-electron chi connectivity index (χ2n) is 3.53. The van der Waals surface area contributed by atoms with Crippen molar-refractivity contribution in [3.05, 3.63) is 0 Å². The lowest BCUT2D eigenvalue weighted by molar-refractivity contribution is -0.142.